The Bertz CT molecular complexity index is 881. The van der Waals surface area contributed by atoms with Gasteiger partial charge in [0.25, 0.3) is 5.91 Å². The molecule has 0 aliphatic rings. The second-order valence-corrected chi connectivity index (χ2v) is 7.19. The molecule has 0 saturated heterocycles. The van der Waals surface area contributed by atoms with Gasteiger partial charge < -0.3 is 10.6 Å². The first kappa shape index (κ1) is 17.7. The number of nitrogens with zero attached hydrogens (tertiary/aromatic N) is 1. The third kappa shape index (κ3) is 4.28. The number of carbonyl (C=O) groups is 1. The lowest BCUT2D eigenvalue weighted by Crippen LogP contribution is -2.13. The first-order chi connectivity index (χ1) is 12.4. The maximum Gasteiger partial charge on any atom is 0.257 e. The number of rotatable bonds is 4. The van der Waals surface area contributed by atoms with Crippen LogP contribution in [-0.4, -0.2) is 10.9 Å². The number of amides is 1. The highest BCUT2D eigenvalue weighted by Gasteiger charge is 2.17. The molecule has 0 unspecified atom stereocenters. The fraction of sp³-hybridized carbons (Fsp3) is 0.182. The van der Waals surface area contributed by atoms with Crippen LogP contribution in [0.15, 0.2) is 73.1 Å². The van der Waals surface area contributed by atoms with E-state index in [2.05, 4.69) is 54.6 Å². The molecular formula is C22H23N3O. The van der Waals surface area contributed by atoms with Crippen LogP contribution in [0.3, 0.4) is 0 Å². The molecule has 1 heterocycles. The molecule has 2 aromatic carbocycles. The van der Waals surface area contributed by atoms with E-state index in [1.807, 2.05) is 30.3 Å². The molecule has 3 aromatic rings. The van der Waals surface area contributed by atoms with Crippen LogP contribution in [0.4, 0.5) is 17.1 Å². The summed E-state index contributed by atoms with van der Waals surface area (Å²) in [6.07, 6.45) is 3.20. The lowest BCUT2D eigenvalue weighted by Gasteiger charge is -2.23. The van der Waals surface area contributed by atoms with Gasteiger partial charge in [0.15, 0.2) is 0 Å². The van der Waals surface area contributed by atoms with Gasteiger partial charge in [-0.3, -0.25) is 9.78 Å². The van der Waals surface area contributed by atoms with Crippen LogP contribution < -0.4 is 10.6 Å². The molecule has 1 amide bonds. The first-order valence-electron chi connectivity index (χ1n) is 8.61. The first-order valence-corrected chi connectivity index (χ1v) is 8.61. The molecule has 0 radical (unpaired) electrons. The van der Waals surface area contributed by atoms with Gasteiger partial charge in [-0.25, -0.2) is 0 Å². The smallest absolute Gasteiger partial charge is 0.257 e. The van der Waals surface area contributed by atoms with E-state index in [0.717, 1.165) is 17.1 Å². The van der Waals surface area contributed by atoms with Crippen LogP contribution in [0.5, 0.6) is 0 Å². The Morgan fingerprint density at radius 2 is 1.58 bits per heavy atom. The van der Waals surface area contributed by atoms with Crippen LogP contribution in [0.2, 0.25) is 0 Å². The van der Waals surface area contributed by atoms with Crippen LogP contribution in [0, 0.1) is 0 Å². The van der Waals surface area contributed by atoms with Crippen molar-refractivity contribution in [1.29, 1.82) is 0 Å². The predicted octanol–water partition coefficient (Wildman–Crippen LogP) is 5.38. The minimum absolute atomic E-state index is 0.0568. The molecule has 4 nitrogen and oxygen atoms in total. The number of nitrogens with one attached hydrogen (secondary N) is 2. The highest BCUT2D eigenvalue weighted by atomic mass is 16.1. The van der Waals surface area contributed by atoms with E-state index in [1.165, 1.54) is 5.56 Å². The largest absolute Gasteiger partial charge is 0.355 e. The molecule has 0 bridgehead atoms. The van der Waals surface area contributed by atoms with Gasteiger partial charge >= 0.3 is 0 Å². The van der Waals surface area contributed by atoms with E-state index < -0.39 is 0 Å². The SMILES string of the molecule is CC(C)(C)c1ccccc1Nc1ccc(NC(=O)c2cccnc2)cc1. The number of hydrogen-bond donors (Lipinski definition) is 2. The Balaban J connectivity index is 1.72. The van der Waals surface area contributed by atoms with Crippen molar-refractivity contribution >= 4 is 23.0 Å². The van der Waals surface area contributed by atoms with E-state index in [0.29, 0.717) is 5.56 Å². The molecule has 1 aromatic heterocycles. The summed E-state index contributed by atoms with van der Waals surface area (Å²) in [5.74, 6) is -0.170. The second kappa shape index (κ2) is 7.40. The Labute approximate surface area is 154 Å². The zero-order valence-electron chi connectivity index (χ0n) is 15.3. The minimum Gasteiger partial charge on any atom is -0.355 e. The van der Waals surface area contributed by atoms with Gasteiger partial charge in [0.2, 0.25) is 0 Å². The quantitative estimate of drug-likeness (QED) is 0.668. The Kier molecular flexibility index (Phi) is 5.03. The van der Waals surface area contributed by atoms with E-state index in [4.69, 9.17) is 0 Å². The fourth-order valence-electron chi connectivity index (χ4n) is 2.74. The Hall–Kier alpha value is -3.14. The molecule has 2 N–H and O–H groups in total. The molecule has 0 fully saturated rings. The van der Waals surface area contributed by atoms with Gasteiger partial charge in [-0.05, 0) is 53.4 Å². The molecule has 4 heteroatoms. The van der Waals surface area contributed by atoms with Crippen molar-refractivity contribution in [3.05, 3.63) is 84.2 Å². The number of aromatic nitrogens is 1. The van der Waals surface area contributed by atoms with E-state index in [9.17, 15) is 4.79 Å². The number of para-hydroxylation sites is 1. The predicted molar refractivity (Wildman–Crippen MR) is 107 cm³/mol. The molecule has 3 rings (SSSR count). The summed E-state index contributed by atoms with van der Waals surface area (Å²) in [5, 5.41) is 6.35. The van der Waals surface area contributed by atoms with Crippen LogP contribution in [0.1, 0.15) is 36.7 Å². The average molecular weight is 345 g/mol. The van der Waals surface area contributed by atoms with Crippen molar-refractivity contribution < 1.29 is 4.79 Å². The molecule has 0 atom stereocenters. The van der Waals surface area contributed by atoms with Crippen LogP contribution in [0.25, 0.3) is 0 Å². The maximum absolute atomic E-state index is 12.2. The lowest BCUT2D eigenvalue weighted by molar-refractivity contribution is 0.102. The molecule has 26 heavy (non-hydrogen) atoms. The molecule has 0 spiro atoms. The number of pyridine rings is 1. The summed E-state index contributed by atoms with van der Waals surface area (Å²) in [7, 11) is 0. The summed E-state index contributed by atoms with van der Waals surface area (Å²) >= 11 is 0. The van der Waals surface area contributed by atoms with Crippen LogP contribution in [-0.2, 0) is 5.41 Å². The summed E-state index contributed by atoms with van der Waals surface area (Å²) in [5.41, 5.74) is 4.66. The third-order valence-electron chi connectivity index (χ3n) is 4.08. The topological polar surface area (TPSA) is 54.0 Å². The fourth-order valence-corrected chi connectivity index (χ4v) is 2.74. The van der Waals surface area contributed by atoms with Gasteiger partial charge in [0.05, 0.1) is 5.56 Å². The number of carbonyl (C=O) groups excluding carboxylic acids is 1. The van der Waals surface area contributed by atoms with Gasteiger partial charge in [-0.1, -0.05) is 39.0 Å². The Morgan fingerprint density at radius 1 is 0.885 bits per heavy atom. The monoisotopic (exact) mass is 345 g/mol. The van der Waals surface area contributed by atoms with E-state index in [-0.39, 0.29) is 11.3 Å². The normalized spacial score (nSPS) is 11.0. The molecular weight excluding hydrogens is 322 g/mol. The summed E-state index contributed by atoms with van der Waals surface area (Å²) in [6.45, 7) is 6.60. The zero-order chi connectivity index (χ0) is 18.6. The van der Waals surface area contributed by atoms with Crippen molar-refractivity contribution in [2.45, 2.75) is 26.2 Å². The highest BCUT2D eigenvalue weighted by Crippen LogP contribution is 2.31. The third-order valence-corrected chi connectivity index (χ3v) is 4.08. The van der Waals surface area contributed by atoms with Gasteiger partial charge in [0, 0.05) is 29.5 Å². The van der Waals surface area contributed by atoms with Crippen molar-refractivity contribution in [1.82, 2.24) is 4.98 Å². The molecule has 0 aliphatic carbocycles. The molecule has 132 valence electrons. The highest BCUT2D eigenvalue weighted by molar-refractivity contribution is 6.04. The van der Waals surface area contributed by atoms with Crippen molar-refractivity contribution in [3.8, 4) is 0 Å². The van der Waals surface area contributed by atoms with Crippen LogP contribution >= 0.6 is 0 Å². The van der Waals surface area contributed by atoms with E-state index >= 15 is 0 Å². The number of hydrogen-bond acceptors (Lipinski definition) is 3. The number of benzene rings is 2. The van der Waals surface area contributed by atoms with Crippen molar-refractivity contribution in [3.63, 3.8) is 0 Å². The molecule has 0 aliphatic heterocycles. The average Bonchev–Trinajstić information content (AvgIpc) is 2.63. The summed E-state index contributed by atoms with van der Waals surface area (Å²) < 4.78 is 0. The van der Waals surface area contributed by atoms with Gasteiger partial charge in [-0.15, -0.1) is 0 Å². The van der Waals surface area contributed by atoms with Crippen molar-refractivity contribution in [2.24, 2.45) is 0 Å². The summed E-state index contributed by atoms with van der Waals surface area (Å²) in [4.78, 5) is 16.1. The molecule has 0 saturated carbocycles. The lowest BCUT2D eigenvalue weighted by atomic mass is 9.86. The summed E-state index contributed by atoms with van der Waals surface area (Å²) in [6, 6.07) is 19.5. The second-order valence-electron chi connectivity index (χ2n) is 7.19. The maximum atomic E-state index is 12.2. The van der Waals surface area contributed by atoms with Gasteiger partial charge in [-0.2, -0.15) is 0 Å². The van der Waals surface area contributed by atoms with Crippen molar-refractivity contribution in [2.75, 3.05) is 10.6 Å². The zero-order valence-corrected chi connectivity index (χ0v) is 15.3. The standard InChI is InChI=1S/C22H23N3O/c1-22(2,3)19-8-4-5-9-20(19)24-17-10-12-18(13-11-17)25-21(26)16-7-6-14-23-15-16/h4-15,24H,1-3H3,(H,25,26). The van der Waals surface area contributed by atoms with E-state index in [1.54, 1.807) is 24.5 Å². The van der Waals surface area contributed by atoms with Gasteiger partial charge in [0.1, 0.15) is 0 Å². The minimum atomic E-state index is -0.170. The number of anilines is 3. The Morgan fingerprint density at radius 3 is 2.23 bits per heavy atom.